The van der Waals surface area contributed by atoms with Crippen LogP contribution in [0.5, 0.6) is 0 Å². The molecule has 2 rings (SSSR count). The third kappa shape index (κ3) is 4.17. The number of hydrogen-bond donors (Lipinski definition) is 2. The van der Waals surface area contributed by atoms with Crippen LogP contribution in [-0.4, -0.2) is 11.8 Å². The number of nitrogens with one attached hydrogen (secondary N) is 2. The highest BCUT2D eigenvalue weighted by Gasteiger charge is 2.22. The largest absolute Gasteiger partial charge is 0.318 e. The Morgan fingerprint density at radius 3 is 1.96 bits per heavy atom. The molecular formula is C18H17F3N2O2. The lowest BCUT2D eigenvalue weighted by molar-refractivity contribution is -0.133. The molecule has 0 fully saturated rings. The first-order valence-electron chi connectivity index (χ1n) is 7.46. The summed E-state index contributed by atoms with van der Waals surface area (Å²) in [5.74, 6) is -6.94. The van der Waals surface area contributed by atoms with Crippen LogP contribution in [0.2, 0.25) is 0 Å². The molecule has 0 aliphatic heterocycles. The van der Waals surface area contributed by atoms with Crippen LogP contribution in [0.1, 0.15) is 26.3 Å². The summed E-state index contributed by atoms with van der Waals surface area (Å²) in [5, 5.41) is 4.37. The van der Waals surface area contributed by atoms with Crippen LogP contribution < -0.4 is 10.6 Å². The van der Waals surface area contributed by atoms with Crippen molar-refractivity contribution in [3.8, 4) is 0 Å². The van der Waals surface area contributed by atoms with E-state index in [2.05, 4.69) is 5.32 Å². The number of hydrogen-bond acceptors (Lipinski definition) is 2. The van der Waals surface area contributed by atoms with Crippen LogP contribution in [0.25, 0.3) is 0 Å². The number of benzene rings is 2. The molecule has 2 aromatic rings. The van der Waals surface area contributed by atoms with Crippen LogP contribution in [0.4, 0.5) is 24.5 Å². The molecule has 0 saturated heterocycles. The molecule has 2 amide bonds. The summed E-state index contributed by atoms with van der Waals surface area (Å²) in [5.41, 5.74) is 0.325. The first-order valence-corrected chi connectivity index (χ1v) is 7.46. The van der Waals surface area contributed by atoms with Gasteiger partial charge in [0.2, 0.25) is 0 Å². The lowest BCUT2D eigenvalue weighted by Crippen LogP contribution is -2.30. The Balaban J connectivity index is 2.18. The molecule has 25 heavy (non-hydrogen) atoms. The molecular weight excluding hydrogens is 333 g/mol. The van der Waals surface area contributed by atoms with Crippen molar-refractivity contribution >= 4 is 23.2 Å². The molecule has 4 nitrogen and oxygen atoms in total. The lowest BCUT2D eigenvalue weighted by atomic mass is 9.86. The SMILES string of the molecule is CC(C)(C)c1ccccc1NC(=O)C(=O)Nc1ccc(F)c(F)c1F. The molecule has 2 aromatic carbocycles. The van der Waals surface area contributed by atoms with E-state index in [1.165, 1.54) is 0 Å². The third-order valence-electron chi connectivity index (χ3n) is 3.47. The predicted octanol–water partition coefficient (Wildman–Crippen LogP) is 3.98. The Kier molecular flexibility index (Phi) is 5.15. The molecule has 0 aliphatic rings. The van der Waals surface area contributed by atoms with Gasteiger partial charge in [-0.2, -0.15) is 0 Å². The molecule has 0 atom stereocenters. The molecule has 0 heterocycles. The fourth-order valence-electron chi connectivity index (χ4n) is 2.23. The summed E-state index contributed by atoms with van der Waals surface area (Å²) in [6.45, 7) is 5.82. The molecule has 0 aromatic heterocycles. The maximum Gasteiger partial charge on any atom is 0.314 e. The molecule has 7 heteroatoms. The monoisotopic (exact) mass is 350 g/mol. The average molecular weight is 350 g/mol. The van der Waals surface area contributed by atoms with Crippen molar-refractivity contribution in [1.82, 2.24) is 0 Å². The van der Waals surface area contributed by atoms with Crippen molar-refractivity contribution in [2.24, 2.45) is 0 Å². The fraction of sp³-hybridized carbons (Fsp3) is 0.222. The standard InChI is InChI=1S/C18H17F3N2O2/c1-18(2,3)10-6-4-5-7-12(10)22-16(24)17(25)23-13-9-8-11(19)14(20)15(13)21/h4-9H,1-3H3,(H,22,24)(H,23,25). The van der Waals surface area contributed by atoms with E-state index in [0.29, 0.717) is 11.8 Å². The van der Waals surface area contributed by atoms with Gasteiger partial charge in [0.25, 0.3) is 0 Å². The van der Waals surface area contributed by atoms with Crippen molar-refractivity contribution in [3.63, 3.8) is 0 Å². The Labute approximate surface area is 143 Å². The zero-order valence-electron chi connectivity index (χ0n) is 13.9. The van der Waals surface area contributed by atoms with Crippen molar-refractivity contribution < 1.29 is 22.8 Å². The second kappa shape index (κ2) is 6.96. The quantitative estimate of drug-likeness (QED) is 0.636. The van der Waals surface area contributed by atoms with Gasteiger partial charge in [-0.25, -0.2) is 13.2 Å². The lowest BCUT2D eigenvalue weighted by Gasteiger charge is -2.22. The molecule has 0 aliphatic carbocycles. The smallest absolute Gasteiger partial charge is 0.314 e. The number of amides is 2. The summed E-state index contributed by atoms with van der Waals surface area (Å²) in [6.07, 6.45) is 0. The minimum Gasteiger partial charge on any atom is -0.318 e. The normalized spacial score (nSPS) is 11.1. The van der Waals surface area contributed by atoms with Gasteiger partial charge in [0, 0.05) is 5.69 Å². The maximum absolute atomic E-state index is 13.6. The van der Waals surface area contributed by atoms with E-state index in [-0.39, 0.29) is 5.41 Å². The Hall–Kier alpha value is -2.83. The Bertz CT molecular complexity index is 830. The highest BCUT2D eigenvalue weighted by molar-refractivity contribution is 6.43. The van der Waals surface area contributed by atoms with Crippen molar-refractivity contribution in [3.05, 3.63) is 59.4 Å². The fourth-order valence-corrected chi connectivity index (χ4v) is 2.23. The average Bonchev–Trinajstić information content (AvgIpc) is 2.54. The Morgan fingerprint density at radius 2 is 1.36 bits per heavy atom. The number of para-hydroxylation sites is 1. The van der Waals surface area contributed by atoms with Crippen LogP contribution in [0.3, 0.4) is 0 Å². The zero-order chi connectivity index (χ0) is 18.8. The number of halogens is 3. The summed E-state index contributed by atoms with van der Waals surface area (Å²) in [4.78, 5) is 24.0. The Morgan fingerprint density at radius 1 is 0.800 bits per heavy atom. The van der Waals surface area contributed by atoms with Gasteiger partial charge in [-0.15, -0.1) is 0 Å². The topological polar surface area (TPSA) is 58.2 Å². The van der Waals surface area contributed by atoms with Gasteiger partial charge in [0.05, 0.1) is 5.69 Å². The zero-order valence-corrected chi connectivity index (χ0v) is 13.9. The van der Waals surface area contributed by atoms with E-state index in [9.17, 15) is 22.8 Å². The number of carbonyl (C=O) groups is 2. The van der Waals surface area contributed by atoms with E-state index in [4.69, 9.17) is 0 Å². The van der Waals surface area contributed by atoms with E-state index >= 15 is 0 Å². The van der Waals surface area contributed by atoms with Gasteiger partial charge >= 0.3 is 11.8 Å². The van der Waals surface area contributed by atoms with Crippen molar-refractivity contribution in [1.29, 1.82) is 0 Å². The predicted molar refractivity (Wildman–Crippen MR) is 88.7 cm³/mol. The molecule has 0 unspecified atom stereocenters. The van der Waals surface area contributed by atoms with Crippen LogP contribution in [-0.2, 0) is 15.0 Å². The molecule has 0 spiro atoms. The van der Waals surface area contributed by atoms with Gasteiger partial charge in [-0.1, -0.05) is 39.0 Å². The van der Waals surface area contributed by atoms with Crippen LogP contribution in [0, 0.1) is 17.5 Å². The highest BCUT2D eigenvalue weighted by Crippen LogP contribution is 2.29. The minimum atomic E-state index is -1.73. The number of anilines is 2. The molecule has 0 saturated carbocycles. The number of carbonyl (C=O) groups excluding carboxylic acids is 2. The highest BCUT2D eigenvalue weighted by atomic mass is 19.2. The van der Waals surface area contributed by atoms with E-state index < -0.39 is 35.0 Å². The second-order valence-electron chi connectivity index (χ2n) is 6.43. The second-order valence-corrected chi connectivity index (χ2v) is 6.43. The minimum absolute atomic E-state index is 0.285. The number of rotatable bonds is 2. The van der Waals surface area contributed by atoms with Crippen molar-refractivity contribution in [2.45, 2.75) is 26.2 Å². The van der Waals surface area contributed by atoms with Crippen LogP contribution in [0.15, 0.2) is 36.4 Å². The van der Waals surface area contributed by atoms with E-state index in [1.807, 2.05) is 32.2 Å². The summed E-state index contributed by atoms with van der Waals surface area (Å²) < 4.78 is 39.6. The molecule has 0 bridgehead atoms. The molecule has 132 valence electrons. The summed E-state index contributed by atoms with van der Waals surface area (Å²) >= 11 is 0. The van der Waals surface area contributed by atoms with Gasteiger partial charge in [0.1, 0.15) is 0 Å². The van der Waals surface area contributed by atoms with E-state index in [1.54, 1.807) is 18.2 Å². The van der Waals surface area contributed by atoms with Crippen molar-refractivity contribution in [2.75, 3.05) is 10.6 Å². The van der Waals surface area contributed by atoms with Gasteiger partial charge in [0.15, 0.2) is 17.5 Å². The maximum atomic E-state index is 13.6. The first-order chi connectivity index (χ1) is 11.6. The van der Waals surface area contributed by atoms with Gasteiger partial charge in [-0.05, 0) is 29.2 Å². The van der Waals surface area contributed by atoms with E-state index in [0.717, 1.165) is 11.6 Å². The molecule has 2 N–H and O–H groups in total. The van der Waals surface area contributed by atoms with Gasteiger partial charge in [-0.3, -0.25) is 9.59 Å². The summed E-state index contributed by atoms with van der Waals surface area (Å²) in [6, 6.07) is 8.42. The van der Waals surface area contributed by atoms with Crippen LogP contribution >= 0.6 is 0 Å². The molecule has 0 radical (unpaired) electrons. The first kappa shape index (κ1) is 18.5. The van der Waals surface area contributed by atoms with Gasteiger partial charge < -0.3 is 10.6 Å². The third-order valence-corrected chi connectivity index (χ3v) is 3.47. The summed E-state index contributed by atoms with van der Waals surface area (Å²) in [7, 11) is 0.